The Bertz CT molecular complexity index is 922. The van der Waals surface area contributed by atoms with E-state index >= 15 is 0 Å². The number of aryl methyl sites for hydroxylation is 1. The molecule has 1 aromatic carbocycles. The van der Waals surface area contributed by atoms with Crippen LogP contribution in [0, 0.1) is 0 Å². The SMILES string of the molecule is O=C1CCc2cc(C(=O)N3CCCC(n4cc(C(=O)O)nn4)C3)ccc2N1. The zero-order valence-corrected chi connectivity index (χ0v) is 14.6. The van der Waals surface area contributed by atoms with Gasteiger partial charge >= 0.3 is 5.97 Å². The standard InChI is InChI=1S/C18H19N5O4/c24-16-6-4-11-8-12(3-5-14(11)19-16)17(25)22-7-1-2-13(9-22)23-10-15(18(26)27)20-21-23/h3,5,8,10,13H,1-2,4,6-7,9H2,(H,19,24)(H,26,27). The molecule has 9 heteroatoms. The van der Waals surface area contributed by atoms with Crippen LogP contribution in [0.25, 0.3) is 0 Å². The highest BCUT2D eigenvalue weighted by Crippen LogP contribution is 2.26. The number of carbonyl (C=O) groups excluding carboxylic acids is 2. The molecular weight excluding hydrogens is 350 g/mol. The second-order valence-corrected chi connectivity index (χ2v) is 6.86. The maximum Gasteiger partial charge on any atom is 0.358 e. The minimum Gasteiger partial charge on any atom is -0.476 e. The molecule has 9 nitrogen and oxygen atoms in total. The van der Waals surface area contributed by atoms with Crippen LogP contribution >= 0.6 is 0 Å². The maximum atomic E-state index is 12.9. The van der Waals surface area contributed by atoms with Crippen molar-refractivity contribution in [2.45, 2.75) is 31.7 Å². The number of fused-ring (bicyclic) bond motifs is 1. The number of carbonyl (C=O) groups is 3. The summed E-state index contributed by atoms with van der Waals surface area (Å²) in [5.41, 5.74) is 2.23. The number of benzene rings is 1. The smallest absolute Gasteiger partial charge is 0.358 e. The van der Waals surface area contributed by atoms with E-state index in [9.17, 15) is 14.4 Å². The summed E-state index contributed by atoms with van der Waals surface area (Å²) in [6.07, 6.45) is 4.07. The second kappa shape index (κ2) is 6.82. The normalized spacial score (nSPS) is 19.3. The lowest BCUT2D eigenvalue weighted by atomic mass is 9.99. The van der Waals surface area contributed by atoms with Crippen molar-refractivity contribution in [2.75, 3.05) is 18.4 Å². The van der Waals surface area contributed by atoms with E-state index in [0.717, 1.165) is 24.1 Å². The number of aromatic nitrogens is 3. The highest BCUT2D eigenvalue weighted by atomic mass is 16.4. The fraction of sp³-hybridized carbons (Fsp3) is 0.389. The first-order chi connectivity index (χ1) is 13.0. The fourth-order valence-electron chi connectivity index (χ4n) is 3.61. The van der Waals surface area contributed by atoms with E-state index in [1.165, 1.54) is 10.9 Å². The number of amides is 2. The number of nitrogens with zero attached hydrogens (tertiary/aromatic N) is 4. The van der Waals surface area contributed by atoms with Gasteiger partial charge in [-0.25, -0.2) is 9.48 Å². The van der Waals surface area contributed by atoms with Crippen molar-refractivity contribution >= 4 is 23.5 Å². The van der Waals surface area contributed by atoms with E-state index in [1.54, 1.807) is 17.0 Å². The summed E-state index contributed by atoms with van der Waals surface area (Å²) in [5.74, 6) is -1.20. The van der Waals surface area contributed by atoms with Gasteiger partial charge < -0.3 is 15.3 Å². The quantitative estimate of drug-likeness (QED) is 0.843. The van der Waals surface area contributed by atoms with Gasteiger partial charge in [-0.2, -0.15) is 0 Å². The molecule has 3 heterocycles. The molecule has 0 aliphatic carbocycles. The average molecular weight is 369 g/mol. The van der Waals surface area contributed by atoms with Gasteiger partial charge in [0.15, 0.2) is 5.69 Å². The third-order valence-electron chi connectivity index (χ3n) is 5.03. The number of nitrogens with one attached hydrogen (secondary N) is 1. The number of aromatic carboxylic acids is 1. The molecule has 0 saturated carbocycles. The van der Waals surface area contributed by atoms with Crippen LogP contribution < -0.4 is 5.32 Å². The molecule has 1 atom stereocenters. The molecular formula is C18H19N5O4. The zero-order chi connectivity index (χ0) is 19.0. The number of hydrogen-bond acceptors (Lipinski definition) is 5. The minimum absolute atomic E-state index is 0.00555. The molecule has 2 amide bonds. The summed E-state index contributed by atoms with van der Waals surface area (Å²) in [6.45, 7) is 1.10. The Morgan fingerprint density at radius 2 is 2.11 bits per heavy atom. The Balaban J connectivity index is 1.50. The highest BCUT2D eigenvalue weighted by Gasteiger charge is 2.27. The highest BCUT2D eigenvalue weighted by molar-refractivity contribution is 5.98. The lowest BCUT2D eigenvalue weighted by Gasteiger charge is -2.32. The van der Waals surface area contributed by atoms with Crippen molar-refractivity contribution in [3.05, 3.63) is 41.2 Å². The van der Waals surface area contributed by atoms with Crippen molar-refractivity contribution in [3.8, 4) is 0 Å². The van der Waals surface area contributed by atoms with Crippen LogP contribution in [-0.2, 0) is 11.2 Å². The summed E-state index contributed by atoms with van der Waals surface area (Å²) in [5, 5.41) is 19.4. The first kappa shape index (κ1) is 17.2. The molecule has 2 aromatic rings. The van der Waals surface area contributed by atoms with Crippen molar-refractivity contribution in [1.29, 1.82) is 0 Å². The molecule has 4 rings (SSSR count). The van der Waals surface area contributed by atoms with E-state index < -0.39 is 5.97 Å². The first-order valence-corrected chi connectivity index (χ1v) is 8.88. The van der Waals surface area contributed by atoms with E-state index in [2.05, 4.69) is 15.6 Å². The molecule has 2 aliphatic rings. The minimum atomic E-state index is -1.12. The van der Waals surface area contributed by atoms with Crippen molar-refractivity contribution in [3.63, 3.8) is 0 Å². The predicted octanol–water partition coefficient (Wildman–Crippen LogP) is 1.34. The largest absolute Gasteiger partial charge is 0.476 e. The van der Waals surface area contributed by atoms with Crippen LogP contribution in [0.4, 0.5) is 5.69 Å². The summed E-state index contributed by atoms with van der Waals surface area (Å²) in [4.78, 5) is 37.2. The van der Waals surface area contributed by atoms with Crippen LogP contribution in [0.3, 0.4) is 0 Å². The number of carboxylic acid groups (broad SMARTS) is 1. The molecule has 0 bridgehead atoms. The molecule has 2 aliphatic heterocycles. The van der Waals surface area contributed by atoms with E-state index in [0.29, 0.717) is 31.5 Å². The van der Waals surface area contributed by atoms with Gasteiger partial charge in [0, 0.05) is 30.8 Å². The summed E-state index contributed by atoms with van der Waals surface area (Å²) < 4.78 is 1.53. The number of hydrogen-bond donors (Lipinski definition) is 2. The Morgan fingerprint density at radius 3 is 2.89 bits per heavy atom. The second-order valence-electron chi connectivity index (χ2n) is 6.86. The van der Waals surface area contributed by atoms with Crippen LogP contribution in [0.1, 0.15) is 51.7 Å². The van der Waals surface area contributed by atoms with Gasteiger partial charge in [0.1, 0.15) is 0 Å². The van der Waals surface area contributed by atoms with Gasteiger partial charge in [0.2, 0.25) is 5.91 Å². The molecule has 1 fully saturated rings. The Kier molecular flexibility index (Phi) is 4.35. The zero-order valence-electron chi connectivity index (χ0n) is 14.6. The first-order valence-electron chi connectivity index (χ1n) is 8.88. The monoisotopic (exact) mass is 369 g/mol. The fourth-order valence-corrected chi connectivity index (χ4v) is 3.61. The molecule has 1 unspecified atom stereocenters. The van der Waals surface area contributed by atoms with Gasteiger partial charge in [0.25, 0.3) is 5.91 Å². The summed E-state index contributed by atoms with van der Waals surface area (Å²) >= 11 is 0. The van der Waals surface area contributed by atoms with Gasteiger partial charge in [0.05, 0.1) is 12.2 Å². The van der Waals surface area contributed by atoms with Gasteiger partial charge in [-0.05, 0) is 43.0 Å². The van der Waals surface area contributed by atoms with E-state index in [-0.39, 0.29) is 23.6 Å². The number of anilines is 1. The summed E-state index contributed by atoms with van der Waals surface area (Å²) in [7, 11) is 0. The van der Waals surface area contributed by atoms with Crippen LogP contribution in [0.5, 0.6) is 0 Å². The third-order valence-corrected chi connectivity index (χ3v) is 5.03. The molecule has 2 N–H and O–H groups in total. The van der Waals surface area contributed by atoms with E-state index in [4.69, 9.17) is 5.11 Å². The Labute approximate surface area is 155 Å². The number of carboxylic acids is 1. The van der Waals surface area contributed by atoms with E-state index in [1.807, 2.05) is 6.07 Å². The molecule has 0 radical (unpaired) electrons. The van der Waals surface area contributed by atoms with Crippen LogP contribution in [-0.4, -0.2) is 55.9 Å². The van der Waals surface area contributed by atoms with Crippen molar-refractivity contribution in [1.82, 2.24) is 19.9 Å². The molecule has 1 aromatic heterocycles. The number of rotatable bonds is 3. The van der Waals surface area contributed by atoms with Crippen LogP contribution in [0.15, 0.2) is 24.4 Å². The molecule has 140 valence electrons. The maximum absolute atomic E-state index is 12.9. The molecule has 27 heavy (non-hydrogen) atoms. The average Bonchev–Trinajstić information content (AvgIpc) is 3.18. The number of likely N-dealkylation sites (tertiary alicyclic amines) is 1. The molecule has 1 saturated heterocycles. The van der Waals surface area contributed by atoms with Gasteiger partial charge in [-0.1, -0.05) is 5.21 Å². The number of piperidine rings is 1. The topological polar surface area (TPSA) is 117 Å². The Hall–Kier alpha value is -3.23. The lowest BCUT2D eigenvalue weighted by molar-refractivity contribution is -0.116. The Morgan fingerprint density at radius 1 is 1.26 bits per heavy atom. The van der Waals surface area contributed by atoms with Crippen LogP contribution in [0.2, 0.25) is 0 Å². The lowest BCUT2D eigenvalue weighted by Crippen LogP contribution is -2.41. The summed E-state index contributed by atoms with van der Waals surface area (Å²) in [6, 6.07) is 5.25. The van der Waals surface area contributed by atoms with Crippen molar-refractivity contribution < 1.29 is 19.5 Å². The van der Waals surface area contributed by atoms with Gasteiger partial charge in [-0.15, -0.1) is 5.10 Å². The molecule has 0 spiro atoms. The third kappa shape index (κ3) is 3.40. The predicted molar refractivity (Wildman–Crippen MR) is 94.5 cm³/mol. The van der Waals surface area contributed by atoms with Crippen molar-refractivity contribution in [2.24, 2.45) is 0 Å². The van der Waals surface area contributed by atoms with Gasteiger partial charge in [-0.3, -0.25) is 9.59 Å².